The molecule has 1 fully saturated rings. The SMILES string of the molecule is CCc1ccc(-c2ccc(-c3ccc(C4CCCCO4)cc3)cc2F)cc1. The molecule has 0 aliphatic carbocycles. The van der Waals surface area contributed by atoms with Crippen molar-refractivity contribution in [1.29, 1.82) is 0 Å². The summed E-state index contributed by atoms with van der Waals surface area (Å²) in [5.41, 5.74) is 5.97. The van der Waals surface area contributed by atoms with Gasteiger partial charge < -0.3 is 4.74 Å². The highest BCUT2D eigenvalue weighted by Gasteiger charge is 2.16. The Kier molecular flexibility index (Phi) is 5.35. The van der Waals surface area contributed by atoms with Gasteiger partial charge in [0, 0.05) is 12.2 Å². The zero-order valence-corrected chi connectivity index (χ0v) is 15.7. The lowest BCUT2D eigenvalue weighted by atomic mass is 9.96. The van der Waals surface area contributed by atoms with Gasteiger partial charge in [0.05, 0.1) is 6.10 Å². The zero-order chi connectivity index (χ0) is 18.6. The number of halogens is 1. The van der Waals surface area contributed by atoms with Crippen LogP contribution in [0.2, 0.25) is 0 Å². The fourth-order valence-electron chi connectivity index (χ4n) is 3.74. The highest BCUT2D eigenvalue weighted by atomic mass is 19.1. The molecule has 0 spiro atoms. The Labute approximate surface area is 160 Å². The molecule has 0 bridgehead atoms. The quantitative estimate of drug-likeness (QED) is 0.488. The lowest BCUT2D eigenvalue weighted by Gasteiger charge is -2.23. The Bertz CT molecular complexity index is 891. The van der Waals surface area contributed by atoms with Gasteiger partial charge in [-0.3, -0.25) is 0 Å². The maximum absolute atomic E-state index is 14.8. The molecule has 1 saturated heterocycles. The Morgan fingerprint density at radius 1 is 0.852 bits per heavy atom. The lowest BCUT2D eigenvalue weighted by Crippen LogP contribution is -2.11. The minimum atomic E-state index is -0.184. The minimum Gasteiger partial charge on any atom is -0.374 e. The third-order valence-electron chi connectivity index (χ3n) is 5.44. The smallest absolute Gasteiger partial charge is 0.131 e. The first-order valence-corrected chi connectivity index (χ1v) is 9.85. The van der Waals surface area contributed by atoms with Crippen molar-refractivity contribution in [3.63, 3.8) is 0 Å². The van der Waals surface area contributed by atoms with Crippen LogP contribution in [0.15, 0.2) is 66.7 Å². The molecule has 0 saturated carbocycles. The summed E-state index contributed by atoms with van der Waals surface area (Å²) in [6.07, 6.45) is 4.65. The standard InChI is InChI=1S/C25H25FO/c1-2-18-6-8-20(9-7-18)23-15-14-22(17-24(23)26)19-10-12-21(13-11-19)25-5-3-4-16-27-25/h6-15,17,25H,2-5,16H2,1H3. The maximum atomic E-state index is 14.8. The molecule has 0 amide bonds. The molecule has 1 aliphatic rings. The largest absolute Gasteiger partial charge is 0.374 e. The van der Waals surface area contributed by atoms with Crippen molar-refractivity contribution in [3.05, 3.63) is 83.7 Å². The van der Waals surface area contributed by atoms with Gasteiger partial charge in [-0.1, -0.05) is 67.6 Å². The van der Waals surface area contributed by atoms with E-state index in [1.807, 2.05) is 24.3 Å². The molecule has 0 radical (unpaired) electrons. The van der Waals surface area contributed by atoms with Gasteiger partial charge >= 0.3 is 0 Å². The fourth-order valence-corrected chi connectivity index (χ4v) is 3.74. The first-order valence-electron chi connectivity index (χ1n) is 9.85. The van der Waals surface area contributed by atoms with Crippen molar-refractivity contribution in [1.82, 2.24) is 0 Å². The summed E-state index contributed by atoms with van der Waals surface area (Å²) in [5, 5.41) is 0. The molecule has 1 unspecified atom stereocenters. The van der Waals surface area contributed by atoms with Crippen LogP contribution in [0.5, 0.6) is 0 Å². The molecule has 27 heavy (non-hydrogen) atoms. The third-order valence-corrected chi connectivity index (χ3v) is 5.44. The van der Waals surface area contributed by atoms with Crippen LogP contribution >= 0.6 is 0 Å². The number of ether oxygens (including phenoxy) is 1. The first-order chi connectivity index (χ1) is 13.2. The van der Waals surface area contributed by atoms with Gasteiger partial charge in [0.25, 0.3) is 0 Å². The first kappa shape index (κ1) is 17.9. The third kappa shape index (κ3) is 3.96. The fraction of sp³-hybridized carbons (Fsp3) is 0.280. The van der Waals surface area contributed by atoms with Crippen LogP contribution in [-0.2, 0) is 11.2 Å². The van der Waals surface area contributed by atoms with E-state index in [9.17, 15) is 4.39 Å². The Balaban J connectivity index is 1.56. The summed E-state index contributed by atoms with van der Waals surface area (Å²) in [6.45, 7) is 2.97. The normalized spacial score (nSPS) is 17.0. The highest BCUT2D eigenvalue weighted by Crippen LogP contribution is 2.31. The second-order valence-electron chi connectivity index (χ2n) is 7.22. The van der Waals surface area contributed by atoms with E-state index in [2.05, 4.69) is 43.3 Å². The van der Waals surface area contributed by atoms with E-state index in [0.29, 0.717) is 5.56 Å². The monoisotopic (exact) mass is 360 g/mol. The van der Waals surface area contributed by atoms with Crippen molar-refractivity contribution in [3.8, 4) is 22.3 Å². The van der Waals surface area contributed by atoms with Crippen molar-refractivity contribution < 1.29 is 9.13 Å². The molecule has 1 heterocycles. The van der Waals surface area contributed by atoms with Crippen LogP contribution in [-0.4, -0.2) is 6.61 Å². The second kappa shape index (κ2) is 8.06. The Morgan fingerprint density at radius 3 is 2.19 bits per heavy atom. The molecule has 0 N–H and O–H groups in total. The van der Waals surface area contributed by atoms with Crippen LogP contribution in [0.3, 0.4) is 0 Å². The predicted octanol–water partition coefficient (Wildman–Crippen LogP) is 6.96. The second-order valence-corrected chi connectivity index (χ2v) is 7.22. The topological polar surface area (TPSA) is 9.23 Å². The molecular weight excluding hydrogens is 335 g/mol. The Morgan fingerprint density at radius 2 is 1.56 bits per heavy atom. The van der Waals surface area contributed by atoms with Crippen LogP contribution in [0.1, 0.15) is 43.4 Å². The van der Waals surface area contributed by atoms with Crippen LogP contribution in [0.4, 0.5) is 4.39 Å². The van der Waals surface area contributed by atoms with Gasteiger partial charge in [0.1, 0.15) is 5.82 Å². The molecule has 1 aliphatic heterocycles. The summed E-state index contributed by atoms with van der Waals surface area (Å²) in [5.74, 6) is -0.184. The van der Waals surface area contributed by atoms with Gasteiger partial charge in [-0.05, 0) is 59.6 Å². The number of aryl methyl sites for hydroxylation is 1. The molecule has 2 heteroatoms. The van der Waals surface area contributed by atoms with Crippen molar-refractivity contribution in [2.24, 2.45) is 0 Å². The van der Waals surface area contributed by atoms with E-state index in [1.165, 1.54) is 17.5 Å². The average molecular weight is 360 g/mol. The number of benzene rings is 3. The highest BCUT2D eigenvalue weighted by molar-refractivity contribution is 5.71. The van der Waals surface area contributed by atoms with Crippen molar-refractivity contribution in [2.75, 3.05) is 6.61 Å². The van der Waals surface area contributed by atoms with E-state index in [-0.39, 0.29) is 11.9 Å². The molecule has 138 valence electrons. The molecule has 3 aromatic rings. The summed E-state index contributed by atoms with van der Waals surface area (Å²) in [4.78, 5) is 0. The average Bonchev–Trinajstić information content (AvgIpc) is 2.74. The van der Waals surface area contributed by atoms with Crippen LogP contribution in [0, 0.1) is 5.82 Å². The predicted molar refractivity (Wildman–Crippen MR) is 109 cm³/mol. The molecule has 3 aromatic carbocycles. The van der Waals surface area contributed by atoms with Gasteiger partial charge in [-0.25, -0.2) is 4.39 Å². The maximum Gasteiger partial charge on any atom is 0.131 e. The number of hydrogen-bond donors (Lipinski definition) is 0. The molecular formula is C25H25FO. The molecule has 4 rings (SSSR count). The molecule has 0 aromatic heterocycles. The lowest BCUT2D eigenvalue weighted by molar-refractivity contribution is 0.0149. The Hall–Kier alpha value is -2.45. The summed E-state index contributed by atoms with van der Waals surface area (Å²) in [6, 6.07) is 22.0. The number of rotatable bonds is 4. The van der Waals surface area contributed by atoms with E-state index in [0.717, 1.165) is 42.6 Å². The van der Waals surface area contributed by atoms with Gasteiger partial charge in [0.2, 0.25) is 0 Å². The summed E-state index contributed by atoms with van der Waals surface area (Å²) < 4.78 is 20.6. The number of hydrogen-bond acceptors (Lipinski definition) is 1. The summed E-state index contributed by atoms with van der Waals surface area (Å²) in [7, 11) is 0. The van der Waals surface area contributed by atoms with E-state index in [1.54, 1.807) is 6.07 Å². The molecule has 1 nitrogen and oxygen atoms in total. The minimum absolute atomic E-state index is 0.184. The zero-order valence-electron chi connectivity index (χ0n) is 15.7. The van der Waals surface area contributed by atoms with Gasteiger partial charge in [0.15, 0.2) is 0 Å². The van der Waals surface area contributed by atoms with Gasteiger partial charge in [-0.15, -0.1) is 0 Å². The van der Waals surface area contributed by atoms with E-state index in [4.69, 9.17) is 4.74 Å². The van der Waals surface area contributed by atoms with Crippen LogP contribution in [0.25, 0.3) is 22.3 Å². The van der Waals surface area contributed by atoms with E-state index >= 15 is 0 Å². The molecule has 1 atom stereocenters. The van der Waals surface area contributed by atoms with Crippen LogP contribution < -0.4 is 0 Å². The summed E-state index contributed by atoms with van der Waals surface area (Å²) >= 11 is 0. The van der Waals surface area contributed by atoms with E-state index < -0.39 is 0 Å². The van der Waals surface area contributed by atoms with Gasteiger partial charge in [-0.2, -0.15) is 0 Å². The van der Waals surface area contributed by atoms with Crippen molar-refractivity contribution in [2.45, 2.75) is 38.7 Å². The van der Waals surface area contributed by atoms with Crippen molar-refractivity contribution >= 4 is 0 Å².